The van der Waals surface area contributed by atoms with Crippen molar-refractivity contribution in [1.82, 2.24) is 10.2 Å². The van der Waals surface area contributed by atoms with Crippen LogP contribution in [0, 0.1) is 19.8 Å². The lowest BCUT2D eigenvalue weighted by Crippen LogP contribution is -2.53. The second kappa shape index (κ2) is 3.61. The first kappa shape index (κ1) is 11.2. The highest BCUT2D eigenvalue weighted by Crippen LogP contribution is 2.35. The molecule has 2 heterocycles. The fourth-order valence-electron chi connectivity index (χ4n) is 1.56. The average molecular weight is 231 g/mol. The minimum absolute atomic E-state index is 0.0132. The molecule has 0 saturated carbocycles. The molecule has 1 aliphatic heterocycles. The Kier molecular flexibility index (Phi) is 2.52. The van der Waals surface area contributed by atoms with Crippen LogP contribution in [0.15, 0.2) is 6.07 Å². The summed E-state index contributed by atoms with van der Waals surface area (Å²) in [5, 5.41) is 7.78. The first-order chi connectivity index (χ1) is 7.38. The van der Waals surface area contributed by atoms with Crippen molar-refractivity contribution in [2.45, 2.75) is 20.0 Å². The number of aryl methyl sites for hydroxylation is 2. The van der Waals surface area contributed by atoms with Crippen LogP contribution in [0.4, 0.5) is 19.0 Å². The molecule has 0 aliphatic carbocycles. The molecule has 0 aromatic carbocycles. The van der Waals surface area contributed by atoms with Crippen molar-refractivity contribution in [2.24, 2.45) is 5.92 Å². The Bertz CT molecular complexity index is 397. The van der Waals surface area contributed by atoms with Crippen molar-refractivity contribution in [3.63, 3.8) is 0 Å². The molecular formula is C10H12F3N3. The van der Waals surface area contributed by atoms with Crippen LogP contribution in [-0.2, 0) is 0 Å². The largest absolute Gasteiger partial charge is 0.395 e. The van der Waals surface area contributed by atoms with Crippen molar-refractivity contribution in [2.75, 3.05) is 18.0 Å². The third-order valence-electron chi connectivity index (χ3n) is 2.89. The Balaban J connectivity index is 2.04. The number of anilines is 1. The van der Waals surface area contributed by atoms with Crippen molar-refractivity contribution in [3.05, 3.63) is 17.3 Å². The summed E-state index contributed by atoms with van der Waals surface area (Å²) >= 11 is 0. The van der Waals surface area contributed by atoms with Crippen LogP contribution in [0.3, 0.4) is 0 Å². The Morgan fingerprint density at radius 1 is 1.25 bits per heavy atom. The standard InChI is InChI=1S/C10H12F3N3/c1-6-3-9(15-14-7(6)2)16-4-8(5-16)10(11,12)13/h3,8H,4-5H2,1-2H3. The molecule has 1 aliphatic rings. The molecule has 0 atom stereocenters. The fourth-order valence-corrected chi connectivity index (χ4v) is 1.56. The highest BCUT2D eigenvalue weighted by atomic mass is 19.4. The van der Waals surface area contributed by atoms with Gasteiger partial charge >= 0.3 is 6.18 Å². The number of aromatic nitrogens is 2. The van der Waals surface area contributed by atoms with E-state index in [1.807, 2.05) is 13.8 Å². The van der Waals surface area contributed by atoms with Crippen LogP contribution in [0.5, 0.6) is 0 Å². The molecule has 6 heteroatoms. The monoisotopic (exact) mass is 231 g/mol. The summed E-state index contributed by atoms with van der Waals surface area (Å²) in [5.74, 6) is -0.695. The maximum Gasteiger partial charge on any atom is 0.395 e. The van der Waals surface area contributed by atoms with Gasteiger partial charge in [0.1, 0.15) is 0 Å². The molecular weight excluding hydrogens is 219 g/mol. The molecule has 88 valence electrons. The molecule has 2 rings (SSSR count). The molecule has 1 aromatic heterocycles. The maximum absolute atomic E-state index is 12.3. The van der Waals surface area contributed by atoms with E-state index in [0.717, 1.165) is 11.3 Å². The van der Waals surface area contributed by atoms with Crippen LogP contribution >= 0.6 is 0 Å². The Hall–Kier alpha value is -1.33. The molecule has 0 unspecified atom stereocenters. The first-order valence-electron chi connectivity index (χ1n) is 5.00. The quantitative estimate of drug-likeness (QED) is 0.741. The number of alkyl halides is 3. The SMILES string of the molecule is Cc1cc(N2CC(C(F)(F)F)C2)nnc1C. The highest BCUT2D eigenvalue weighted by molar-refractivity contribution is 5.43. The summed E-state index contributed by atoms with van der Waals surface area (Å²) in [7, 11) is 0. The van der Waals surface area contributed by atoms with E-state index in [1.54, 1.807) is 11.0 Å². The lowest BCUT2D eigenvalue weighted by atomic mass is 9.99. The van der Waals surface area contributed by atoms with E-state index in [2.05, 4.69) is 10.2 Å². The smallest absolute Gasteiger partial charge is 0.354 e. The minimum atomic E-state index is -4.09. The predicted octanol–water partition coefficient (Wildman–Crippen LogP) is 2.09. The third kappa shape index (κ3) is 1.96. The Morgan fingerprint density at radius 2 is 1.88 bits per heavy atom. The molecule has 0 bridgehead atoms. The van der Waals surface area contributed by atoms with Crippen molar-refractivity contribution in [3.8, 4) is 0 Å². The third-order valence-corrected chi connectivity index (χ3v) is 2.89. The van der Waals surface area contributed by atoms with Gasteiger partial charge in [0.15, 0.2) is 5.82 Å². The van der Waals surface area contributed by atoms with Crippen LogP contribution in [0.1, 0.15) is 11.3 Å². The second-order valence-electron chi connectivity index (χ2n) is 4.11. The number of hydrogen-bond donors (Lipinski definition) is 0. The van der Waals surface area contributed by atoms with Crippen molar-refractivity contribution < 1.29 is 13.2 Å². The molecule has 16 heavy (non-hydrogen) atoms. The lowest BCUT2D eigenvalue weighted by Gasteiger charge is -2.40. The van der Waals surface area contributed by atoms with E-state index >= 15 is 0 Å². The van der Waals surface area contributed by atoms with Gasteiger partial charge in [0.25, 0.3) is 0 Å². The zero-order valence-electron chi connectivity index (χ0n) is 9.04. The fraction of sp³-hybridized carbons (Fsp3) is 0.600. The van der Waals surface area contributed by atoms with Crippen LogP contribution in [-0.4, -0.2) is 29.5 Å². The van der Waals surface area contributed by atoms with Crippen molar-refractivity contribution >= 4 is 5.82 Å². The highest BCUT2D eigenvalue weighted by Gasteiger charge is 2.47. The van der Waals surface area contributed by atoms with E-state index in [-0.39, 0.29) is 13.1 Å². The summed E-state index contributed by atoms with van der Waals surface area (Å²) in [6, 6.07) is 1.77. The summed E-state index contributed by atoms with van der Waals surface area (Å²) < 4.78 is 36.8. The molecule has 1 aromatic rings. The zero-order chi connectivity index (χ0) is 11.9. The van der Waals surface area contributed by atoms with Gasteiger partial charge in [-0.1, -0.05) is 0 Å². The van der Waals surface area contributed by atoms with Crippen LogP contribution in [0.25, 0.3) is 0 Å². The van der Waals surface area contributed by atoms with E-state index in [0.29, 0.717) is 5.82 Å². The van der Waals surface area contributed by atoms with E-state index < -0.39 is 12.1 Å². The molecule has 0 N–H and O–H groups in total. The van der Waals surface area contributed by atoms with Gasteiger partial charge in [-0.25, -0.2) is 0 Å². The van der Waals surface area contributed by atoms with Gasteiger partial charge in [-0.2, -0.15) is 18.3 Å². The van der Waals surface area contributed by atoms with Crippen molar-refractivity contribution in [1.29, 1.82) is 0 Å². The summed E-state index contributed by atoms with van der Waals surface area (Å²) in [6.07, 6.45) is -4.09. The maximum atomic E-state index is 12.3. The van der Waals surface area contributed by atoms with Gasteiger partial charge in [0, 0.05) is 13.1 Å². The number of halogens is 3. The van der Waals surface area contributed by atoms with Crippen LogP contribution < -0.4 is 4.90 Å². The topological polar surface area (TPSA) is 29.0 Å². The molecule has 3 nitrogen and oxygen atoms in total. The second-order valence-corrected chi connectivity index (χ2v) is 4.11. The Labute approximate surface area is 91.3 Å². The van der Waals surface area contributed by atoms with Gasteiger partial charge in [0.05, 0.1) is 11.6 Å². The van der Waals surface area contributed by atoms with Gasteiger partial charge in [-0.15, -0.1) is 5.10 Å². The molecule has 1 fully saturated rings. The average Bonchev–Trinajstić information content (AvgIpc) is 2.06. The summed E-state index contributed by atoms with van der Waals surface area (Å²) in [4.78, 5) is 1.59. The lowest BCUT2D eigenvalue weighted by molar-refractivity contribution is -0.180. The zero-order valence-corrected chi connectivity index (χ0v) is 9.04. The van der Waals surface area contributed by atoms with Gasteiger partial charge in [-0.05, 0) is 25.5 Å². The summed E-state index contributed by atoms with van der Waals surface area (Å²) in [5.41, 5.74) is 1.75. The van der Waals surface area contributed by atoms with Gasteiger partial charge in [-0.3, -0.25) is 0 Å². The molecule has 0 radical (unpaired) electrons. The molecule has 0 spiro atoms. The van der Waals surface area contributed by atoms with Gasteiger partial charge in [0.2, 0.25) is 0 Å². The summed E-state index contributed by atoms with van der Waals surface area (Å²) in [6.45, 7) is 3.66. The van der Waals surface area contributed by atoms with E-state index in [1.165, 1.54) is 0 Å². The van der Waals surface area contributed by atoms with E-state index in [4.69, 9.17) is 0 Å². The number of hydrogen-bond acceptors (Lipinski definition) is 3. The van der Waals surface area contributed by atoms with Gasteiger partial charge < -0.3 is 4.90 Å². The predicted molar refractivity (Wildman–Crippen MR) is 53.3 cm³/mol. The number of nitrogens with zero attached hydrogens (tertiary/aromatic N) is 3. The first-order valence-corrected chi connectivity index (χ1v) is 5.00. The number of rotatable bonds is 1. The molecule has 0 amide bonds. The van der Waals surface area contributed by atoms with Crippen LogP contribution in [0.2, 0.25) is 0 Å². The Morgan fingerprint density at radius 3 is 2.38 bits per heavy atom. The minimum Gasteiger partial charge on any atom is -0.354 e. The molecule has 1 saturated heterocycles. The van der Waals surface area contributed by atoms with E-state index in [9.17, 15) is 13.2 Å². The normalized spacial score (nSPS) is 17.4.